The first kappa shape index (κ1) is 21.4. The molecule has 3 aromatic rings. The predicted octanol–water partition coefficient (Wildman–Crippen LogP) is 5.61. The van der Waals surface area contributed by atoms with Crippen LogP contribution in [-0.4, -0.2) is 31.5 Å². The van der Waals surface area contributed by atoms with Gasteiger partial charge in [0, 0.05) is 17.8 Å². The summed E-state index contributed by atoms with van der Waals surface area (Å²) in [5.41, 5.74) is 4.93. The highest BCUT2D eigenvalue weighted by Gasteiger charge is 2.35. The third-order valence-corrected chi connectivity index (χ3v) is 6.79. The van der Waals surface area contributed by atoms with Crippen LogP contribution < -0.4 is 0 Å². The fourth-order valence-electron chi connectivity index (χ4n) is 3.97. The van der Waals surface area contributed by atoms with Crippen molar-refractivity contribution < 1.29 is 4.79 Å². The summed E-state index contributed by atoms with van der Waals surface area (Å²) in [6.07, 6.45) is 2.34. The number of halogens is 1. The lowest BCUT2D eigenvalue weighted by molar-refractivity contribution is -0.114. The molecule has 1 N–H and O–H groups in total. The number of carbonyl (C=O) groups excluding carboxylic acids is 1. The number of para-hydroxylation sites is 1. The highest BCUT2D eigenvalue weighted by atomic mass is 35.5. The van der Waals surface area contributed by atoms with Crippen LogP contribution in [0.25, 0.3) is 11.8 Å². The molecule has 6 nitrogen and oxygen atoms in total. The van der Waals surface area contributed by atoms with Crippen molar-refractivity contribution in [2.75, 3.05) is 0 Å². The fourth-order valence-corrected chi connectivity index (χ4v) is 5.11. The van der Waals surface area contributed by atoms with Gasteiger partial charge >= 0.3 is 0 Å². The van der Waals surface area contributed by atoms with E-state index >= 15 is 0 Å². The maximum absolute atomic E-state index is 12.8. The van der Waals surface area contributed by atoms with Gasteiger partial charge in [0.05, 0.1) is 16.3 Å². The zero-order chi connectivity index (χ0) is 23.1. The molecule has 2 aliphatic heterocycles. The summed E-state index contributed by atoms with van der Waals surface area (Å²) < 4.78 is 2.04. The number of aryl methyl sites for hydroxylation is 1. The molecule has 0 radical (unpaired) electrons. The number of aromatic nitrogens is 1. The Morgan fingerprint density at radius 1 is 1.09 bits per heavy atom. The van der Waals surface area contributed by atoms with Crippen LogP contribution in [0.2, 0.25) is 5.02 Å². The molecule has 0 saturated carbocycles. The van der Waals surface area contributed by atoms with Crippen molar-refractivity contribution in [1.29, 1.82) is 5.41 Å². The topological polar surface area (TPSA) is 73.8 Å². The quantitative estimate of drug-likeness (QED) is 0.500. The van der Waals surface area contributed by atoms with E-state index in [1.54, 1.807) is 6.08 Å². The van der Waals surface area contributed by atoms with Gasteiger partial charge in [-0.15, -0.1) is 0 Å². The Balaban J connectivity index is 1.47. The molecule has 0 saturated heterocycles. The molecule has 0 atom stereocenters. The molecule has 164 valence electrons. The number of amides is 1. The molecule has 5 rings (SSSR count). The number of fused-ring (bicyclic) bond motifs is 1. The van der Waals surface area contributed by atoms with Crippen molar-refractivity contribution in [3.63, 3.8) is 0 Å². The van der Waals surface area contributed by atoms with Gasteiger partial charge in [-0.3, -0.25) is 10.2 Å². The Hall–Kier alpha value is -3.42. The van der Waals surface area contributed by atoms with Crippen molar-refractivity contribution in [3.8, 4) is 5.69 Å². The molecule has 1 aromatic heterocycles. The Bertz CT molecular complexity index is 1390. The standard InChI is InChI=1S/C25H20ClN5OS/c1-15-12-18(16(2)30(15)21-11-7-6-10-20(21)26)14-19-23(27)31-25(28-24(19)32)33-22(29-31)13-17-8-4-3-5-9-17/h3-12,14,27H,13H2,1-2H3. The first-order valence-corrected chi connectivity index (χ1v) is 11.6. The number of hydrogen-bond donors (Lipinski definition) is 1. The predicted molar refractivity (Wildman–Crippen MR) is 135 cm³/mol. The van der Waals surface area contributed by atoms with E-state index in [0.717, 1.165) is 33.2 Å². The van der Waals surface area contributed by atoms with Crippen LogP contribution in [0.3, 0.4) is 0 Å². The van der Waals surface area contributed by atoms with Gasteiger partial charge in [0.25, 0.3) is 5.91 Å². The fraction of sp³-hybridized carbons (Fsp3) is 0.120. The van der Waals surface area contributed by atoms with Gasteiger partial charge in [-0.25, -0.2) is 0 Å². The molecule has 0 bridgehead atoms. The molecule has 2 aromatic carbocycles. The summed E-state index contributed by atoms with van der Waals surface area (Å²) in [4.78, 5) is 17.0. The zero-order valence-electron chi connectivity index (χ0n) is 18.0. The van der Waals surface area contributed by atoms with E-state index < -0.39 is 5.91 Å². The number of thioether (sulfide) groups is 1. The van der Waals surface area contributed by atoms with E-state index in [4.69, 9.17) is 17.0 Å². The van der Waals surface area contributed by atoms with Gasteiger partial charge in [0.15, 0.2) is 5.84 Å². The molecule has 33 heavy (non-hydrogen) atoms. The van der Waals surface area contributed by atoms with E-state index in [-0.39, 0.29) is 11.4 Å². The highest BCUT2D eigenvalue weighted by molar-refractivity contribution is 8.26. The van der Waals surface area contributed by atoms with E-state index in [9.17, 15) is 4.79 Å². The molecular weight excluding hydrogens is 454 g/mol. The molecule has 2 aliphatic rings. The van der Waals surface area contributed by atoms with Crippen molar-refractivity contribution in [1.82, 2.24) is 9.58 Å². The average molecular weight is 474 g/mol. The summed E-state index contributed by atoms with van der Waals surface area (Å²) in [5.74, 6) is -0.402. The summed E-state index contributed by atoms with van der Waals surface area (Å²) in [6, 6.07) is 19.6. The minimum Gasteiger partial charge on any atom is -0.316 e. The smallest absolute Gasteiger partial charge is 0.283 e. The van der Waals surface area contributed by atoms with Gasteiger partial charge in [-0.05, 0) is 61.0 Å². The highest BCUT2D eigenvalue weighted by Crippen LogP contribution is 2.31. The van der Waals surface area contributed by atoms with Crippen LogP contribution >= 0.6 is 23.4 Å². The van der Waals surface area contributed by atoms with Crippen LogP contribution in [0, 0.1) is 19.3 Å². The third-order valence-electron chi connectivity index (χ3n) is 5.56. The minimum atomic E-state index is -0.433. The summed E-state index contributed by atoms with van der Waals surface area (Å²) in [6.45, 7) is 3.95. The van der Waals surface area contributed by atoms with Crippen molar-refractivity contribution in [2.24, 2.45) is 10.1 Å². The van der Waals surface area contributed by atoms with E-state index in [0.29, 0.717) is 16.6 Å². The molecule has 0 aliphatic carbocycles. The third kappa shape index (κ3) is 3.94. The molecule has 3 heterocycles. The Labute approximate surface area is 200 Å². The molecule has 8 heteroatoms. The number of carbonyl (C=O) groups is 1. The van der Waals surface area contributed by atoms with Crippen LogP contribution in [0.5, 0.6) is 0 Å². The first-order chi connectivity index (χ1) is 15.9. The largest absolute Gasteiger partial charge is 0.316 e. The summed E-state index contributed by atoms with van der Waals surface area (Å²) >= 11 is 7.75. The zero-order valence-corrected chi connectivity index (χ0v) is 19.6. The lowest BCUT2D eigenvalue weighted by atomic mass is 10.1. The lowest BCUT2D eigenvalue weighted by Gasteiger charge is -2.20. The second-order valence-corrected chi connectivity index (χ2v) is 9.24. The second kappa shape index (κ2) is 8.50. The van der Waals surface area contributed by atoms with Gasteiger partial charge in [0.1, 0.15) is 5.04 Å². The van der Waals surface area contributed by atoms with Crippen molar-refractivity contribution >= 4 is 51.4 Å². The van der Waals surface area contributed by atoms with Crippen LogP contribution in [0.15, 0.2) is 76.3 Å². The Kier molecular flexibility index (Phi) is 5.52. The number of hydrogen-bond acceptors (Lipinski definition) is 4. The lowest BCUT2D eigenvalue weighted by Crippen LogP contribution is -2.35. The average Bonchev–Trinajstić information content (AvgIpc) is 3.32. The monoisotopic (exact) mass is 473 g/mol. The van der Waals surface area contributed by atoms with Crippen molar-refractivity contribution in [3.05, 3.63) is 93.8 Å². The number of nitrogens with one attached hydrogen (secondary N) is 1. The summed E-state index contributed by atoms with van der Waals surface area (Å²) in [5, 5.41) is 16.5. The van der Waals surface area contributed by atoms with Gasteiger partial charge in [-0.2, -0.15) is 15.1 Å². The van der Waals surface area contributed by atoms with Crippen molar-refractivity contribution in [2.45, 2.75) is 20.3 Å². The Morgan fingerprint density at radius 3 is 2.58 bits per heavy atom. The maximum atomic E-state index is 12.8. The molecule has 0 unspecified atom stereocenters. The number of aliphatic imine (C=N–C) groups is 1. The first-order valence-electron chi connectivity index (χ1n) is 10.4. The molecule has 0 fully saturated rings. The number of amidine groups is 2. The normalized spacial score (nSPS) is 16.8. The molecular formula is C25H20ClN5OS. The van der Waals surface area contributed by atoms with Gasteiger partial charge in [0.2, 0.25) is 5.17 Å². The van der Waals surface area contributed by atoms with E-state index in [1.807, 2.05) is 79.1 Å². The maximum Gasteiger partial charge on any atom is 0.283 e. The molecule has 1 amide bonds. The molecule has 0 spiro atoms. The summed E-state index contributed by atoms with van der Waals surface area (Å²) in [7, 11) is 0. The number of nitrogens with zero attached hydrogens (tertiary/aromatic N) is 4. The number of rotatable bonds is 4. The number of benzene rings is 2. The SMILES string of the molecule is Cc1cc(C=C2C(=N)N3N=C(Cc4ccccc4)SC3=NC2=O)c(C)n1-c1ccccc1Cl. The second-order valence-electron chi connectivity index (χ2n) is 7.79. The van der Waals surface area contributed by atoms with Gasteiger partial charge < -0.3 is 4.57 Å². The van der Waals surface area contributed by atoms with Crippen LogP contribution in [0.4, 0.5) is 0 Å². The van der Waals surface area contributed by atoms with E-state index in [1.165, 1.54) is 16.8 Å². The van der Waals surface area contributed by atoms with Crippen LogP contribution in [0.1, 0.15) is 22.5 Å². The van der Waals surface area contributed by atoms with Gasteiger partial charge in [-0.1, -0.05) is 54.1 Å². The van der Waals surface area contributed by atoms with E-state index in [2.05, 4.69) is 10.1 Å². The Morgan fingerprint density at radius 2 is 1.82 bits per heavy atom. The number of hydrazone groups is 1. The van der Waals surface area contributed by atoms with Crippen LogP contribution in [-0.2, 0) is 11.2 Å². The minimum absolute atomic E-state index is 0.0307.